The first kappa shape index (κ1) is 21.6. The van der Waals surface area contributed by atoms with Gasteiger partial charge in [0.1, 0.15) is 0 Å². The Morgan fingerprint density at radius 1 is 0.903 bits per heavy atom. The summed E-state index contributed by atoms with van der Waals surface area (Å²) in [7, 11) is 5.02. The van der Waals surface area contributed by atoms with E-state index < -0.39 is 0 Å². The maximum Gasteiger partial charge on any atom is 0.321 e. The van der Waals surface area contributed by atoms with Crippen molar-refractivity contribution in [3.63, 3.8) is 0 Å². The molecule has 3 rings (SSSR count). The molecule has 0 spiro atoms. The minimum atomic E-state index is -0.363. The van der Waals surface area contributed by atoms with E-state index >= 15 is 0 Å². The Balaban J connectivity index is 1.73. The van der Waals surface area contributed by atoms with E-state index in [2.05, 4.69) is 21.0 Å². The van der Waals surface area contributed by atoms with Crippen molar-refractivity contribution in [2.75, 3.05) is 30.0 Å². The Morgan fingerprint density at radius 2 is 1.65 bits per heavy atom. The van der Waals surface area contributed by atoms with Crippen LogP contribution >= 0.6 is 0 Å². The molecule has 3 aromatic rings. The highest BCUT2D eigenvalue weighted by Crippen LogP contribution is 2.22. The molecule has 1 aromatic heterocycles. The van der Waals surface area contributed by atoms with Crippen molar-refractivity contribution in [2.24, 2.45) is 7.05 Å². The summed E-state index contributed by atoms with van der Waals surface area (Å²) in [5.41, 5.74) is 3.12. The number of aryl methyl sites for hydroxylation is 2. The molecule has 9 nitrogen and oxygen atoms in total. The molecule has 0 saturated carbocycles. The molecule has 4 amide bonds. The van der Waals surface area contributed by atoms with Crippen molar-refractivity contribution in [1.82, 2.24) is 14.7 Å². The van der Waals surface area contributed by atoms with Crippen molar-refractivity contribution in [1.29, 1.82) is 0 Å². The molecule has 0 fully saturated rings. The fraction of sp³-hybridized carbons (Fsp3) is 0.182. The molecule has 0 bridgehead atoms. The first-order valence-corrected chi connectivity index (χ1v) is 9.54. The van der Waals surface area contributed by atoms with Gasteiger partial charge in [-0.15, -0.1) is 0 Å². The molecule has 2 aromatic carbocycles. The first-order chi connectivity index (χ1) is 14.7. The van der Waals surface area contributed by atoms with Crippen LogP contribution in [0.3, 0.4) is 0 Å². The van der Waals surface area contributed by atoms with Gasteiger partial charge in [-0.2, -0.15) is 5.10 Å². The third kappa shape index (κ3) is 5.47. The molecular formula is C22H24N6O3. The minimum absolute atomic E-state index is 0.266. The molecular weight excluding hydrogens is 396 g/mol. The summed E-state index contributed by atoms with van der Waals surface area (Å²) in [4.78, 5) is 38.4. The van der Waals surface area contributed by atoms with Gasteiger partial charge in [0.25, 0.3) is 11.8 Å². The van der Waals surface area contributed by atoms with Gasteiger partial charge in [-0.1, -0.05) is 12.1 Å². The number of benzene rings is 2. The highest BCUT2D eigenvalue weighted by atomic mass is 16.2. The molecule has 1 heterocycles. The molecule has 0 saturated heterocycles. The van der Waals surface area contributed by atoms with Gasteiger partial charge in [0, 0.05) is 50.0 Å². The lowest BCUT2D eigenvalue weighted by Crippen LogP contribution is -2.27. The van der Waals surface area contributed by atoms with Gasteiger partial charge in [-0.05, 0) is 48.9 Å². The SMILES string of the molecule is Cc1ccc(NC(=O)N(C)C)cc1NC(=O)c1cccc(NC(=O)c2ccn(C)n2)c1. The van der Waals surface area contributed by atoms with Gasteiger partial charge < -0.3 is 20.9 Å². The molecule has 0 aliphatic carbocycles. The van der Waals surface area contributed by atoms with E-state index in [1.54, 1.807) is 69.8 Å². The Hall–Kier alpha value is -4.14. The summed E-state index contributed by atoms with van der Waals surface area (Å²) < 4.78 is 1.54. The molecule has 0 atom stereocenters. The Bertz CT molecular complexity index is 1140. The summed E-state index contributed by atoms with van der Waals surface area (Å²) in [6.07, 6.45) is 1.68. The number of rotatable bonds is 5. The number of carbonyl (C=O) groups is 3. The summed E-state index contributed by atoms with van der Waals surface area (Å²) in [5.74, 6) is -0.702. The van der Waals surface area contributed by atoms with Crippen LogP contribution in [-0.4, -0.2) is 46.6 Å². The maximum atomic E-state index is 12.8. The van der Waals surface area contributed by atoms with E-state index in [1.807, 2.05) is 13.0 Å². The minimum Gasteiger partial charge on any atom is -0.331 e. The Labute approximate surface area is 180 Å². The van der Waals surface area contributed by atoms with E-state index in [1.165, 1.54) is 9.58 Å². The van der Waals surface area contributed by atoms with Crippen LogP contribution in [0.5, 0.6) is 0 Å². The number of aromatic nitrogens is 2. The molecule has 3 N–H and O–H groups in total. The van der Waals surface area contributed by atoms with Crippen LogP contribution in [0.15, 0.2) is 54.7 Å². The third-order valence-electron chi connectivity index (χ3n) is 4.47. The zero-order valence-electron chi connectivity index (χ0n) is 17.8. The van der Waals surface area contributed by atoms with Crippen LogP contribution in [-0.2, 0) is 7.05 Å². The number of carbonyl (C=O) groups excluding carboxylic acids is 3. The average molecular weight is 420 g/mol. The van der Waals surface area contributed by atoms with E-state index in [0.717, 1.165) is 5.56 Å². The van der Waals surface area contributed by atoms with E-state index in [4.69, 9.17) is 0 Å². The highest BCUT2D eigenvalue weighted by molar-refractivity contribution is 6.07. The number of hydrogen-bond acceptors (Lipinski definition) is 4. The monoisotopic (exact) mass is 420 g/mol. The fourth-order valence-electron chi connectivity index (χ4n) is 2.73. The van der Waals surface area contributed by atoms with Crippen molar-refractivity contribution in [2.45, 2.75) is 6.92 Å². The highest BCUT2D eigenvalue weighted by Gasteiger charge is 2.13. The summed E-state index contributed by atoms with van der Waals surface area (Å²) in [6, 6.07) is 13.2. The van der Waals surface area contributed by atoms with Gasteiger partial charge in [0.05, 0.1) is 0 Å². The Morgan fingerprint density at radius 3 is 2.32 bits per heavy atom. The third-order valence-corrected chi connectivity index (χ3v) is 4.47. The number of nitrogens with zero attached hydrogens (tertiary/aromatic N) is 3. The molecule has 31 heavy (non-hydrogen) atoms. The standard InChI is InChI=1S/C22H24N6O3/c1-14-8-9-17(24-22(31)27(2)3)13-19(14)25-20(29)15-6-5-7-16(12-15)23-21(30)18-10-11-28(4)26-18/h5-13H,1-4H3,(H,23,30)(H,24,31)(H,25,29). The molecule has 9 heteroatoms. The predicted octanol–water partition coefficient (Wildman–Crippen LogP) is 3.33. The van der Waals surface area contributed by atoms with Crippen molar-refractivity contribution in [3.05, 3.63) is 71.5 Å². The van der Waals surface area contributed by atoms with Crippen LogP contribution < -0.4 is 16.0 Å². The van der Waals surface area contributed by atoms with Gasteiger partial charge in [-0.3, -0.25) is 14.3 Å². The number of anilines is 3. The second kappa shape index (κ2) is 9.12. The van der Waals surface area contributed by atoms with Crippen molar-refractivity contribution in [3.8, 4) is 0 Å². The first-order valence-electron chi connectivity index (χ1n) is 9.54. The summed E-state index contributed by atoms with van der Waals surface area (Å²) >= 11 is 0. The summed E-state index contributed by atoms with van der Waals surface area (Å²) in [5, 5.41) is 12.4. The van der Waals surface area contributed by atoms with Crippen molar-refractivity contribution < 1.29 is 14.4 Å². The number of urea groups is 1. The lowest BCUT2D eigenvalue weighted by molar-refractivity contribution is 0.101. The second-order valence-corrected chi connectivity index (χ2v) is 7.22. The molecule has 0 aliphatic rings. The summed E-state index contributed by atoms with van der Waals surface area (Å²) in [6.45, 7) is 1.86. The molecule has 0 radical (unpaired) electrons. The van der Waals surface area contributed by atoms with Crippen LogP contribution in [0.1, 0.15) is 26.4 Å². The molecule has 0 aliphatic heterocycles. The smallest absolute Gasteiger partial charge is 0.321 e. The van der Waals surface area contributed by atoms with Gasteiger partial charge in [0.2, 0.25) is 0 Å². The van der Waals surface area contributed by atoms with E-state index in [9.17, 15) is 14.4 Å². The Kier molecular flexibility index (Phi) is 6.35. The lowest BCUT2D eigenvalue weighted by Gasteiger charge is -2.14. The topological polar surface area (TPSA) is 108 Å². The zero-order chi connectivity index (χ0) is 22.5. The number of hydrogen-bond donors (Lipinski definition) is 3. The van der Waals surface area contributed by atoms with E-state index in [0.29, 0.717) is 22.6 Å². The van der Waals surface area contributed by atoms with Gasteiger partial charge in [-0.25, -0.2) is 4.79 Å². The van der Waals surface area contributed by atoms with Crippen LogP contribution in [0.4, 0.5) is 21.9 Å². The van der Waals surface area contributed by atoms with Crippen LogP contribution in [0, 0.1) is 6.92 Å². The number of amides is 4. The van der Waals surface area contributed by atoms with Crippen molar-refractivity contribution >= 4 is 34.9 Å². The van der Waals surface area contributed by atoms with Gasteiger partial charge >= 0.3 is 6.03 Å². The molecule has 160 valence electrons. The van der Waals surface area contributed by atoms with Crippen LogP contribution in [0.2, 0.25) is 0 Å². The number of nitrogens with one attached hydrogen (secondary N) is 3. The predicted molar refractivity (Wildman–Crippen MR) is 119 cm³/mol. The lowest BCUT2D eigenvalue weighted by atomic mass is 10.1. The second-order valence-electron chi connectivity index (χ2n) is 7.22. The van der Waals surface area contributed by atoms with Crippen LogP contribution in [0.25, 0.3) is 0 Å². The van der Waals surface area contributed by atoms with Gasteiger partial charge in [0.15, 0.2) is 5.69 Å². The quantitative estimate of drug-likeness (QED) is 0.588. The zero-order valence-corrected chi connectivity index (χ0v) is 17.8. The molecule has 0 unspecified atom stereocenters. The fourth-order valence-corrected chi connectivity index (χ4v) is 2.73. The largest absolute Gasteiger partial charge is 0.331 e. The average Bonchev–Trinajstić information content (AvgIpc) is 3.17. The normalized spacial score (nSPS) is 10.3. The van der Waals surface area contributed by atoms with E-state index in [-0.39, 0.29) is 23.5 Å². The maximum absolute atomic E-state index is 12.8.